The fraction of sp³-hybridized carbons (Fsp3) is 0.244. The number of nitrogens with zero attached hydrogens (tertiary/aromatic N) is 4. The smallest absolute Gasteiger partial charge is 0.0967 e. The molecule has 0 unspecified atom stereocenters. The summed E-state index contributed by atoms with van der Waals surface area (Å²) in [5.74, 6) is 0. The summed E-state index contributed by atoms with van der Waals surface area (Å²) in [6.07, 6.45) is 0. The molecule has 0 aliphatic heterocycles. The molecule has 8 aromatic rings. The van der Waals surface area contributed by atoms with Crippen LogP contribution in [0.25, 0.3) is 55.2 Å². The first-order chi connectivity index (χ1) is 23.3. The number of aromatic nitrogens is 4. The number of rotatable bonds is 4. The fourth-order valence-electron chi connectivity index (χ4n) is 7.23. The van der Waals surface area contributed by atoms with Gasteiger partial charge in [0.05, 0.1) is 44.5 Å². The Kier molecular flexibility index (Phi) is 6.91. The zero-order valence-electron chi connectivity index (χ0n) is 29.8. The van der Waals surface area contributed by atoms with Gasteiger partial charge in [-0.15, -0.1) is 0 Å². The number of hydrogen-bond acceptors (Lipinski definition) is 2. The molecule has 0 N–H and O–H groups in total. The number of benzene rings is 4. The van der Waals surface area contributed by atoms with Crippen LogP contribution in [-0.4, -0.2) is 19.1 Å². The van der Waals surface area contributed by atoms with Crippen LogP contribution in [0.5, 0.6) is 0 Å². The molecule has 4 aromatic carbocycles. The molecular formula is C45H44N4. The maximum absolute atomic E-state index is 5.50. The molecule has 244 valence electrons. The molecule has 0 amide bonds. The van der Waals surface area contributed by atoms with Crippen molar-refractivity contribution in [3.8, 4) is 11.4 Å². The standard InChI is InChI=1S/C45H44N4/c1-43(2,3)29-19-21-35-33(27-29)41-37(48(35)31-15-11-9-12-16-31)23-25-39(46-41)45(7,8)40-26-24-38-42(47-40)34-28-30(44(4,5)6)20-22-36(34)49(38)32-17-13-10-14-18-32/h9-28H,1-8H3. The Morgan fingerprint density at radius 2 is 0.776 bits per heavy atom. The average molecular weight is 641 g/mol. The predicted octanol–water partition coefficient (Wildman–Crippen LogP) is 11.6. The second kappa shape index (κ2) is 10.9. The number of pyridine rings is 2. The molecular weight excluding hydrogens is 597 g/mol. The van der Waals surface area contributed by atoms with E-state index in [2.05, 4.69) is 186 Å². The minimum Gasteiger partial charge on any atom is -0.308 e. The average Bonchev–Trinajstić information content (AvgIpc) is 3.59. The van der Waals surface area contributed by atoms with Crippen LogP contribution in [0, 0.1) is 0 Å². The SMILES string of the molecule is CC(C)(C)c1ccc2c(c1)c1nc(C(C)(C)c3ccc4c(n3)c3cc(C(C)(C)C)ccc3n4-c3ccccc3)ccc1n2-c1ccccc1. The molecule has 4 heteroatoms. The van der Waals surface area contributed by atoms with Gasteiger partial charge in [-0.2, -0.15) is 0 Å². The van der Waals surface area contributed by atoms with Gasteiger partial charge in [0.15, 0.2) is 0 Å². The van der Waals surface area contributed by atoms with Crippen molar-refractivity contribution in [1.29, 1.82) is 0 Å². The maximum atomic E-state index is 5.50. The zero-order valence-corrected chi connectivity index (χ0v) is 29.8. The van der Waals surface area contributed by atoms with Crippen LogP contribution in [-0.2, 0) is 16.2 Å². The van der Waals surface area contributed by atoms with Crippen LogP contribution >= 0.6 is 0 Å². The first-order valence-corrected chi connectivity index (χ1v) is 17.4. The lowest BCUT2D eigenvalue weighted by Gasteiger charge is -2.24. The van der Waals surface area contributed by atoms with E-state index in [0.717, 1.165) is 44.8 Å². The third-order valence-corrected chi connectivity index (χ3v) is 10.3. The Balaban J connectivity index is 1.35. The zero-order chi connectivity index (χ0) is 34.3. The molecule has 49 heavy (non-hydrogen) atoms. The summed E-state index contributed by atoms with van der Waals surface area (Å²) in [4.78, 5) is 11.0. The van der Waals surface area contributed by atoms with Crippen LogP contribution in [0.3, 0.4) is 0 Å². The molecule has 0 spiro atoms. The lowest BCUT2D eigenvalue weighted by atomic mass is 9.84. The Morgan fingerprint density at radius 3 is 1.14 bits per heavy atom. The van der Waals surface area contributed by atoms with Gasteiger partial charge in [0.2, 0.25) is 0 Å². The van der Waals surface area contributed by atoms with Gasteiger partial charge in [-0.05, 0) is 109 Å². The minimum absolute atomic E-state index is 0.0252. The van der Waals surface area contributed by atoms with E-state index in [4.69, 9.17) is 9.97 Å². The summed E-state index contributed by atoms with van der Waals surface area (Å²) in [5, 5.41) is 2.35. The Labute approximate surface area is 289 Å². The first-order valence-electron chi connectivity index (χ1n) is 17.4. The molecule has 0 aliphatic rings. The summed E-state index contributed by atoms with van der Waals surface area (Å²) in [7, 11) is 0. The summed E-state index contributed by atoms with van der Waals surface area (Å²) >= 11 is 0. The second-order valence-electron chi connectivity index (χ2n) is 16.1. The van der Waals surface area contributed by atoms with Crippen LogP contribution in [0.2, 0.25) is 0 Å². The number of fused-ring (bicyclic) bond motifs is 6. The molecule has 4 heterocycles. The van der Waals surface area contributed by atoms with E-state index in [1.54, 1.807) is 0 Å². The van der Waals surface area contributed by atoms with Crippen molar-refractivity contribution in [2.75, 3.05) is 0 Å². The summed E-state index contributed by atoms with van der Waals surface area (Å²) in [6, 6.07) is 43.9. The van der Waals surface area contributed by atoms with Crippen molar-refractivity contribution in [3.05, 3.63) is 144 Å². The molecule has 0 atom stereocenters. The summed E-state index contributed by atoms with van der Waals surface area (Å²) < 4.78 is 4.69. The van der Waals surface area contributed by atoms with Crippen LogP contribution in [0.4, 0.5) is 0 Å². The molecule has 4 nitrogen and oxygen atoms in total. The van der Waals surface area contributed by atoms with Crippen molar-refractivity contribution in [1.82, 2.24) is 19.1 Å². The molecule has 8 rings (SSSR count). The topological polar surface area (TPSA) is 35.6 Å². The van der Waals surface area contributed by atoms with E-state index in [1.165, 1.54) is 32.9 Å². The minimum atomic E-state index is -0.450. The van der Waals surface area contributed by atoms with Gasteiger partial charge in [0.1, 0.15) is 0 Å². The molecule has 0 bridgehead atoms. The second-order valence-corrected chi connectivity index (χ2v) is 16.1. The molecule has 0 fully saturated rings. The Hall–Kier alpha value is -5.22. The van der Waals surface area contributed by atoms with Crippen molar-refractivity contribution in [3.63, 3.8) is 0 Å². The van der Waals surface area contributed by atoms with Gasteiger partial charge in [0, 0.05) is 27.6 Å². The monoisotopic (exact) mass is 640 g/mol. The molecule has 0 aliphatic carbocycles. The highest BCUT2D eigenvalue weighted by Crippen LogP contribution is 2.39. The number of hydrogen-bond donors (Lipinski definition) is 0. The first kappa shape index (κ1) is 31.1. The van der Waals surface area contributed by atoms with Crippen molar-refractivity contribution < 1.29 is 0 Å². The Bertz CT molecular complexity index is 2340. The third kappa shape index (κ3) is 5.04. The van der Waals surface area contributed by atoms with Crippen molar-refractivity contribution in [2.45, 2.75) is 71.6 Å². The lowest BCUT2D eigenvalue weighted by Crippen LogP contribution is -2.22. The summed E-state index contributed by atoms with van der Waals surface area (Å²) in [5.41, 5.74) is 13.1. The van der Waals surface area contributed by atoms with E-state index >= 15 is 0 Å². The molecule has 0 radical (unpaired) electrons. The predicted molar refractivity (Wildman–Crippen MR) is 207 cm³/mol. The van der Waals surface area contributed by atoms with E-state index in [9.17, 15) is 0 Å². The van der Waals surface area contributed by atoms with E-state index < -0.39 is 5.41 Å². The van der Waals surface area contributed by atoms with Gasteiger partial charge >= 0.3 is 0 Å². The Morgan fingerprint density at radius 1 is 0.408 bits per heavy atom. The van der Waals surface area contributed by atoms with Crippen LogP contribution in [0.15, 0.2) is 121 Å². The quantitative estimate of drug-likeness (QED) is 0.192. The van der Waals surface area contributed by atoms with E-state index in [0.29, 0.717) is 0 Å². The highest BCUT2D eigenvalue weighted by molar-refractivity contribution is 6.08. The van der Waals surface area contributed by atoms with Gasteiger partial charge in [-0.1, -0.05) is 90.1 Å². The highest BCUT2D eigenvalue weighted by Gasteiger charge is 2.29. The fourth-order valence-corrected chi connectivity index (χ4v) is 7.23. The lowest BCUT2D eigenvalue weighted by molar-refractivity contribution is 0.591. The number of para-hydroxylation sites is 2. The van der Waals surface area contributed by atoms with Crippen LogP contribution < -0.4 is 0 Å². The van der Waals surface area contributed by atoms with Gasteiger partial charge in [-0.3, -0.25) is 0 Å². The third-order valence-electron chi connectivity index (χ3n) is 10.3. The van der Waals surface area contributed by atoms with Gasteiger partial charge in [0.25, 0.3) is 0 Å². The van der Waals surface area contributed by atoms with Crippen molar-refractivity contribution in [2.24, 2.45) is 0 Å². The molecule has 0 saturated carbocycles. The highest BCUT2D eigenvalue weighted by atomic mass is 15.0. The van der Waals surface area contributed by atoms with Gasteiger partial charge in [-0.25, -0.2) is 9.97 Å². The maximum Gasteiger partial charge on any atom is 0.0967 e. The molecule has 4 aromatic heterocycles. The molecule has 0 saturated heterocycles. The van der Waals surface area contributed by atoms with E-state index in [1.807, 2.05) is 0 Å². The van der Waals surface area contributed by atoms with Crippen LogP contribution in [0.1, 0.15) is 77.9 Å². The normalized spacial score (nSPS) is 12.9. The van der Waals surface area contributed by atoms with Gasteiger partial charge < -0.3 is 9.13 Å². The van der Waals surface area contributed by atoms with Crippen molar-refractivity contribution >= 4 is 43.9 Å². The summed E-state index contributed by atoms with van der Waals surface area (Å²) in [6.45, 7) is 18.1. The van der Waals surface area contributed by atoms with E-state index in [-0.39, 0.29) is 10.8 Å². The largest absolute Gasteiger partial charge is 0.308 e.